The van der Waals surface area contributed by atoms with Crippen molar-refractivity contribution in [2.75, 3.05) is 23.9 Å². The van der Waals surface area contributed by atoms with Gasteiger partial charge in [0.05, 0.1) is 23.3 Å². The Morgan fingerprint density at radius 2 is 0.950 bits per heavy atom. The third kappa shape index (κ3) is 9.65. The molecule has 398 valence electrons. The zero-order valence-corrected chi connectivity index (χ0v) is 48.7. The quantitative estimate of drug-likeness (QED) is 0.118. The molecule has 80 heavy (non-hydrogen) atoms. The van der Waals surface area contributed by atoms with Gasteiger partial charge in [-0.3, -0.25) is 0 Å². The summed E-state index contributed by atoms with van der Waals surface area (Å²) in [5.41, 5.74) is 29.9. The Morgan fingerprint density at radius 1 is 0.375 bits per heavy atom. The molecule has 3 aromatic heterocycles. The first-order valence-electron chi connectivity index (χ1n) is 27.7. The maximum atomic E-state index is 5.40. The van der Waals surface area contributed by atoms with Crippen LogP contribution in [0.5, 0.6) is 0 Å². The second-order valence-corrected chi connectivity index (χ2v) is 22.1. The van der Waals surface area contributed by atoms with Crippen LogP contribution in [-0.4, -0.2) is 49.0 Å². The van der Waals surface area contributed by atoms with Crippen molar-refractivity contribution in [3.8, 4) is 56.5 Å². The van der Waals surface area contributed by atoms with Crippen LogP contribution < -0.4 is 9.80 Å². The molecule has 0 aliphatic heterocycles. The van der Waals surface area contributed by atoms with Crippen LogP contribution in [0, 0.1) is 83.1 Å². The molecular weight excluding hydrogens is 979 g/mol. The van der Waals surface area contributed by atoms with Crippen molar-refractivity contribution in [3.63, 3.8) is 0 Å². The second-order valence-electron chi connectivity index (χ2n) is 22.1. The van der Waals surface area contributed by atoms with Crippen molar-refractivity contribution in [2.45, 2.75) is 95.9 Å². The van der Waals surface area contributed by atoms with Gasteiger partial charge in [-0.2, -0.15) is 0 Å². The highest BCUT2D eigenvalue weighted by atomic mass is 15.2. The number of hydrogen-bond donors (Lipinski definition) is 0. The third-order valence-corrected chi connectivity index (χ3v) is 16.7. The summed E-state index contributed by atoms with van der Waals surface area (Å²) in [5.74, 6) is 2.02. The summed E-state index contributed by atoms with van der Waals surface area (Å²) in [5, 5.41) is 2.40. The molecular formula is C71H69N9. The van der Waals surface area contributed by atoms with Crippen LogP contribution in [-0.2, 0) is 12.8 Å². The molecule has 0 radical (unpaired) electrons. The summed E-state index contributed by atoms with van der Waals surface area (Å²) in [4.78, 5) is 39.2. The van der Waals surface area contributed by atoms with Crippen molar-refractivity contribution in [3.05, 3.63) is 218 Å². The molecule has 0 saturated heterocycles. The maximum absolute atomic E-state index is 5.40. The molecule has 0 saturated carbocycles. The molecule has 3 heterocycles. The predicted molar refractivity (Wildman–Crippen MR) is 333 cm³/mol. The Kier molecular flexibility index (Phi) is 14.2. The Bertz CT molecular complexity index is 4180. The van der Waals surface area contributed by atoms with E-state index in [9.17, 15) is 0 Å². The highest BCUT2D eigenvalue weighted by Gasteiger charge is 2.28. The van der Waals surface area contributed by atoms with Gasteiger partial charge in [-0.15, -0.1) is 0 Å². The van der Waals surface area contributed by atoms with Crippen LogP contribution in [0.2, 0.25) is 0 Å². The summed E-state index contributed by atoms with van der Waals surface area (Å²) in [6.45, 7) is 26.8. The Morgan fingerprint density at radius 3 is 1.62 bits per heavy atom. The number of aromatic nitrogens is 7. The van der Waals surface area contributed by atoms with E-state index in [0.29, 0.717) is 28.8 Å². The topological polar surface area (TPSA) is 96.7 Å². The first kappa shape index (κ1) is 53.1. The molecule has 0 aliphatic rings. The molecule has 0 unspecified atom stereocenters. The highest BCUT2D eigenvalue weighted by molar-refractivity contribution is 5.94. The fourth-order valence-electron chi connectivity index (χ4n) is 12.3. The summed E-state index contributed by atoms with van der Waals surface area (Å²) in [6.07, 6.45) is 6.89. The SMILES string of the molecule is Cc1cc(CCc2cc(C)c(-c3nc(-c4ccccc4)nc(-c4c(C)cc(C)c(-c5ccc(N(C)C)cc5)c4C)n3)c(C)c2)c(C)c(N(c2ccc3ccccc3c2)c2c(C)c(C)c(-c3cnc4nccnc4n3)c(C)c2C)c1C. The fourth-order valence-corrected chi connectivity index (χ4v) is 12.3. The zero-order valence-electron chi connectivity index (χ0n) is 48.7. The standard InChI is InChI=1S/C71H69N9/c1-40-37-56(50(11)65(45(40)6)80(59-31-26-53-20-18-19-23-57(53)38-59)66-48(9)46(7)64(47(8)49(66)10)60-39-74-70-71(75-60)73-33-32-72-70)25-24-52-35-43(4)61(44(5)36-52)68-76-67(55-21-16-15-17-22-55)77-69(78-68)63-42(3)34-41(2)62(51(63)12)54-27-29-58(30-28-54)79(13)14/h15-23,26-39H,24-25H2,1-14H3. The summed E-state index contributed by atoms with van der Waals surface area (Å²) < 4.78 is 0. The number of hydrogen-bond acceptors (Lipinski definition) is 9. The van der Waals surface area contributed by atoms with Crippen LogP contribution >= 0.6 is 0 Å². The minimum atomic E-state index is 0.537. The molecule has 0 amide bonds. The highest BCUT2D eigenvalue weighted by Crippen LogP contribution is 2.48. The minimum absolute atomic E-state index is 0.537. The van der Waals surface area contributed by atoms with Crippen molar-refractivity contribution in [1.82, 2.24) is 34.9 Å². The lowest BCUT2D eigenvalue weighted by Gasteiger charge is -2.35. The van der Waals surface area contributed by atoms with Gasteiger partial charge in [-0.05, 0) is 220 Å². The Labute approximate surface area is 471 Å². The average Bonchev–Trinajstić information content (AvgIpc) is 3.36. The molecule has 9 heteroatoms. The van der Waals surface area contributed by atoms with E-state index in [0.717, 1.165) is 85.5 Å². The molecule has 0 fully saturated rings. The monoisotopic (exact) mass is 1050 g/mol. The smallest absolute Gasteiger partial charge is 0.198 e. The lowest BCUT2D eigenvalue weighted by molar-refractivity contribution is 0.938. The van der Waals surface area contributed by atoms with Gasteiger partial charge in [0, 0.05) is 60.1 Å². The molecule has 0 spiro atoms. The summed E-state index contributed by atoms with van der Waals surface area (Å²) in [6, 6.07) is 44.0. The number of anilines is 4. The zero-order chi connectivity index (χ0) is 56.3. The Hall–Kier alpha value is -8.95. The lowest BCUT2D eigenvalue weighted by Crippen LogP contribution is -2.18. The van der Waals surface area contributed by atoms with Crippen molar-refractivity contribution in [2.24, 2.45) is 0 Å². The van der Waals surface area contributed by atoms with Gasteiger partial charge < -0.3 is 9.80 Å². The van der Waals surface area contributed by atoms with Gasteiger partial charge >= 0.3 is 0 Å². The molecule has 0 bridgehead atoms. The molecule has 11 rings (SSSR count). The number of nitrogens with zero attached hydrogens (tertiary/aromatic N) is 9. The average molecular weight is 1050 g/mol. The first-order valence-corrected chi connectivity index (χ1v) is 27.7. The third-order valence-electron chi connectivity index (χ3n) is 16.7. The van der Waals surface area contributed by atoms with E-state index in [1.165, 1.54) is 77.8 Å². The Balaban J connectivity index is 0.983. The fraction of sp³-hybridized carbons (Fsp3) is 0.225. The van der Waals surface area contributed by atoms with Gasteiger partial charge in [0.2, 0.25) is 0 Å². The molecule has 0 atom stereocenters. The summed E-state index contributed by atoms with van der Waals surface area (Å²) in [7, 11) is 4.15. The normalized spacial score (nSPS) is 11.5. The van der Waals surface area contributed by atoms with Gasteiger partial charge in [0.25, 0.3) is 0 Å². The molecule has 8 aromatic carbocycles. The van der Waals surface area contributed by atoms with Crippen LogP contribution in [0.4, 0.5) is 22.7 Å². The van der Waals surface area contributed by atoms with Gasteiger partial charge in [0.1, 0.15) is 0 Å². The number of rotatable bonds is 12. The maximum Gasteiger partial charge on any atom is 0.198 e. The van der Waals surface area contributed by atoms with E-state index < -0.39 is 0 Å². The van der Waals surface area contributed by atoms with E-state index in [1.807, 2.05) is 24.4 Å². The van der Waals surface area contributed by atoms with E-state index in [-0.39, 0.29) is 0 Å². The number of benzene rings is 8. The van der Waals surface area contributed by atoms with E-state index in [4.69, 9.17) is 19.9 Å². The van der Waals surface area contributed by atoms with Crippen LogP contribution in [0.1, 0.15) is 77.9 Å². The van der Waals surface area contributed by atoms with Gasteiger partial charge in [0.15, 0.2) is 28.8 Å². The second kappa shape index (κ2) is 21.4. The van der Waals surface area contributed by atoms with Crippen LogP contribution in [0.15, 0.2) is 140 Å². The van der Waals surface area contributed by atoms with Crippen molar-refractivity contribution < 1.29 is 0 Å². The molecule has 9 nitrogen and oxygen atoms in total. The predicted octanol–water partition coefficient (Wildman–Crippen LogP) is 17.1. The molecule has 0 N–H and O–H groups in total. The van der Waals surface area contributed by atoms with Crippen LogP contribution in [0.3, 0.4) is 0 Å². The largest absolute Gasteiger partial charge is 0.378 e. The van der Waals surface area contributed by atoms with E-state index in [1.54, 1.807) is 12.4 Å². The van der Waals surface area contributed by atoms with Gasteiger partial charge in [-0.25, -0.2) is 34.9 Å². The minimum Gasteiger partial charge on any atom is -0.378 e. The number of fused-ring (bicyclic) bond motifs is 2. The number of aryl methyl sites for hydroxylation is 7. The lowest BCUT2D eigenvalue weighted by atomic mass is 9.87. The molecule has 0 aliphatic carbocycles. The van der Waals surface area contributed by atoms with E-state index >= 15 is 0 Å². The summed E-state index contributed by atoms with van der Waals surface area (Å²) >= 11 is 0. The first-order chi connectivity index (χ1) is 38.5. The van der Waals surface area contributed by atoms with Crippen LogP contribution in [0.25, 0.3) is 78.6 Å². The molecule has 11 aromatic rings. The van der Waals surface area contributed by atoms with E-state index in [2.05, 4.69) is 225 Å². The van der Waals surface area contributed by atoms with Crippen molar-refractivity contribution in [1.29, 1.82) is 0 Å². The van der Waals surface area contributed by atoms with Gasteiger partial charge in [-0.1, -0.05) is 97.1 Å². The van der Waals surface area contributed by atoms with Crippen molar-refractivity contribution >= 4 is 44.8 Å².